The summed E-state index contributed by atoms with van der Waals surface area (Å²) in [5.41, 5.74) is 0.775. The zero-order chi connectivity index (χ0) is 9.80. The highest BCUT2D eigenvalue weighted by atomic mass is 16.5. The molecule has 0 aliphatic heterocycles. The molecule has 14 heavy (non-hydrogen) atoms. The third-order valence-corrected chi connectivity index (χ3v) is 1.70. The second-order valence-electron chi connectivity index (χ2n) is 2.68. The Kier molecular flexibility index (Phi) is 2.28. The van der Waals surface area contributed by atoms with Crippen molar-refractivity contribution in [3.63, 3.8) is 0 Å². The number of nitriles is 1. The van der Waals surface area contributed by atoms with Gasteiger partial charge in [0.1, 0.15) is 6.26 Å². The highest BCUT2D eigenvalue weighted by molar-refractivity contribution is 5.51. The highest BCUT2D eigenvalue weighted by Gasteiger charge is 2.08. The first-order chi connectivity index (χ1) is 6.90. The van der Waals surface area contributed by atoms with E-state index in [1.807, 2.05) is 6.07 Å². The Morgan fingerprint density at radius 2 is 2.43 bits per heavy atom. The van der Waals surface area contributed by atoms with Crippen LogP contribution in [0, 0.1) is 11.3 Å². The Hall–Kier alpha value is -2.09. The van der Waals surface area contributed by atoms with E-state index in [4.69, 9.17) is 14.2 Å². The number of rotatable bonds is 3. The lowest BCUT2D eigenvalue weighted by atomic mass is 10.3. The van der Waals surface area contributed by atoms with Crippen LogP contribution in [-0.2, 0) is 6.42 Å². The Labute approximate surface area is 80.0 Å². The van der Waals surface area contributed by atoms with Gasteiger partial charge in [0.2, 0.25) is 11.7 Å². The molecule has 0 unspecified atom stereocenters. The van der Waals surface area contributed by atoms with Crippen LogP contribution in [0.1, 0.15) is 12.3 Å². The maximum atomic E-state index is 8.36. The predicted octanol–water partition coefficient (Wildman–Crippen LogP) is 1.79. The molecule has 0 spiro atoms. The second-order valence-corrected chi connectivity index (χ2v) is 2.68. The van der Waals surface area contributed by atoms with Gasteiger partial charge in [-0.05, 0) is 6.07 Å². The molecule has 5 heteroatoms. The number of nitrogens with zero attached hydrogens (tertiary/aromatic N) is 3. The number of aryl methyl sites for hydroxylation is 1. The highest BCUT2D eigenvalue weighted by Crippen LogP contribution is 2.15. The van der Waals surface area contributed by atoms with Gasteiger partial charge < -0.3 is 8.94 Å². The average Bonchev–Trinajstić information content (AvgIpc) is 2.85. The molecular weight excluding hydrogens is 182 g/mol. The minimum atomic E-state index is 0.382. The SMILES string of the molecule is N#CCCc1nc(-c2ccoc2)no1. The molecule has 2 aromatic heterocycles. The lowest BCUT2D eigenvalue weighted by Crippen LogP contribution is -1.83. The van der Waals surface area contributed by atoms with E-state index in [0.29, 0.717) is 24.6 Å². The van der Waals surface area contributed by atoms with Gasteiger partial charge in [0.05, 0.1) is 17.9 Å². The molecule has 0 bridgehead atoms. The van der Waals surface area contributed by atoms with Crippen molar-refractivity contribution in [3.05, 3.63) is 24.5 Å². The van der Waals surface area contributed by atoms with E-state index in [-0.39, 0.29) is 0 Å². The first-order valence-corrected chi connectivity index (χ1v) is 4.12. The third kappa shape index (κ3) is 1.64. The summed E-state index contributed by atoms with van der Waals surface area (Å²) >= 11 is 0. The Balaban J connectivity index is 2.15. The van der Waals surface area contributed by atoms with Crippen molar-refractivity contribution in [2.75, 3.05) is 0 Å². The minimum absolute atomic E-state index is 0.382. The lowest BCUT2D eigenvalue weighted by molar-refractivity contribution is 0.380. The van der Waals surface area contributed by atoms with Gasteiger partial charge >= 0.3 is 0 Å². The van der Waals surface area contributed by atoms with Gasteiger partial charge in [-0.15, -0.1) is 0 Å². The normalized spacial score (nSPS) is 9.93. The second kappa shape index (κ2) is 3.75. The molecule has 0 saturated carbocycles. The molecule has 0 aromatic carbocycles. The fourth-order valence-electron chi connectivity index (χ4n) is 1.03. The summed E-state index contributed by atoms with van der Waals surface area (Å²) in [5.74, 6) is 0.967. The van der Waals surface area contributed by atoms with Crippen molar-refractivity contribution >= 4 is 0 Å². The standard InChI is InChI=1S/C9H7N3O2/c10-4-1-2-8-11-9(12-14-8)7-3-5-13-6-7/h3,5-6H,1-2H2. The largest absolute Gasteiger partial charge is 0.472 e. The number of furan rings is 1. The van der Waals surface area contributed by atoms with Crippen LogP contribution in [0.4, 0.5) is 0 Å². The molecule has 2 rings (SSSR count). The van der Waals surface area contributed by atoms with Crippen molar-refractivity contribution < 1.29 is 8.94 Å². The molecule has 70 valence electrons. The summed E-state index contributed by atoms with van der Waals surface area (Å²) in [7, 11) is 0. The zero-order valence-corrected chi connectivity index (χ0v) is 7.30. The van der Waals surface area contributed by atoms with Crippen LogP contribution < -0.4 is 0 Å². The van der Waals surface area contributed by atoms with Crippen LogP contribution in [0.2, 0.25) is 0 Å². The quantitative estimate of drug-likeness (QED) is 0.735. The molecule has 0 aliphatic rings. The molecular formula is C9H7N3O2. The molecule has 0 saturated heterocycles. The summed E-state index contributed by atoms with van der Waals surface area (Å²) in [4.78, 5) is 4.10. The first kappa shape index (κ1) is 8.51. The van der Waals surface area contributed by atoms with Crippen LogP contribution in [-0.4, -0.2) is 10.1 Å². The monoisotopic (exact) mass is 189 g/mol. The van der Waals surface area contributed by atoms with Gasteiger partial charge in [0.15, 0.2) is 0 Å². The van der Waals surface area contributed by atoms with E-state index in [1.165, 1.54) is 0 Å². The van der Waals surface area contributed by atoms with Crippen molar-refractivity contribution in [1.29, 1.82) is 5.26 Å². The van der Waals surface area contributed by atoms with Crippen LogP contribution in [0.15, 0.2) is 27.5 Å². The molecule has 0 aliphatic carbocycles. The van der Waals surface area contributed by atoms with E-state index in [9.17, 15) is 0 Å². The fourth-order valence-corrected chi connectivity index (χ4v) is 1.03. The number of aromatic nitrogens is 2. The van der Waals surface area contributed by atoms with Gasteiger partial charge in [0, 0.05) is 12.8 Å². The summed E-state index contributed by atoms with van der Waals surface area (Å²) < 4.78 is 9.82. The lowest BCUT2D eigenvalue weighted by Gasteiger charge is -1.82. The van der Waals surface area contributed by atoms with Gasteiger partial charge in [-0.3, -0.25) is 0 Å². The maximum absolute atomic E-state index is 8.36. The molecule has 0 fully saturated rings. The molecule has 0 amide bonds. The van der Waals surface area contributed by atoms with Crippen LogP contribution in [0.25, 0.3) is 11.4 Å². The summed E-state index contributed by atoms with van der Waals surface area (Å²) in [6, 6.07) is 3.76. The van der Waals surface area contributed by atoms with E-state index >= 15 is 0 Å². The summed E-state index contributed by atoms with van der Waals surface area (Å²) in [5, 5.41) is 12.1. The van der Waals surface area contributed by atoms with Gasteiger partial charge in [0.25, 0.3) is 0 Å². The van der Waals surface area contributed by atoms with E-state index in [1.54, 1.807) is 18.6 Å². The Morgan fingerprint density at radius 3 is 3.14 bits per heavy atom. The van der Waals surface area contributed by atoms with Crippen LogP contribution in [0.5, 0.6) is 0 Å². The fraction of sp³-hybridized carbons (Fsp3) is 0.222. The average molecular weight is 189 g/mol. The van der Waals surface area contributed by atoms with E-state index < -0.39 is 0 Å². The molecule has 5 nitrogen and oxygen atoms in total. The van der Waals surface area contributed by atoms with Gasteiger partial charge in [-0.1, -0.05) is 5.16 Å². The number of hydrogen-bond acceptors (Lipinski definition) is 5. The van der Waals surface area contributed by atoms with Gasteiger partial charge in [-0.2, -0.15) is 10.2 Å². The van der Waals surface area contributed by atoms with E-state index in [0.717, 1.165) is 5.56 Å². The van der Waals surface area contributed by atoms with Crippen LogP contribution in [0.3, 0.4) is 0 Å². The molecule has 0 radical (unpaired) electrons. The minimum Gasteiger partial charge on any atom is -0.472 e. The Morgan fingerprint density at radius 1 is 1.50 bits per heavy atom. The van der Waals surface area contributed by atoms with Gasteiger partial charge in [-0.25, -0.2) is 0 Å². The molecule has 0 atom stereocenters. The summed E-state index contributed by atoms with van der Waals surface area (Å²) in [6.45, 7) is 0. The topological polar surface area (TPSA) is 75.8 Å². The first-order valence-electron chi connectivity index (χ1n) is 4.12. The van der Waals surface area contributed by atoms with E-state index in [2.05, 4.69) is 10.1 Å². The third-order valence-electron chi connectivity index (χ3n) is 1.70. The van der Waals surface area contributed by atoms with Crippen molar-refractivity contribution in [2.24, 2.45) is 0 Å². The number of hydrogen-bond donors (Lipinski definition) is 0. The van der Waals surface area contributed by atoms with Crippen molar-refractivity contribution in [2.45, 2.75) is 12.8 Å². The maximum Gasteiger partial charge on any atom is 0.227 e. The molecule has 2 heterocycles. The predicted molar refractivity (Wildman–Crippen MR) is 45.9 cm³/mol. The Bertz CT molecular complexity index is 439. The van der Waals surface area contributed by atoms with Crippen LogP contribution >= 0.6 is 0 Å². The van der Waals surface area contributed by atoms with Crippen molar-refractivity contribution in [3.8, 4) is 17.5 Å². The smallest absolute Gasteiger partial charge is 0.227 e. The molecule has 2 aromatic rings. The van der Waals surface area contributed by atoms with Crippen molar-refractivity contribution in [1.82, 2.24) is 10.1 Å². The molecule has 0 N–H and O–H groups in total. The summed E-state index contributed by atoms with van der Waals surface area (Å²) in [6.07, 6.45) is 3.95. The zero-order valence-electron chi connectivity index (χ0n) is 7.30.